The molecule has 0 aliphatic rings. The molecule has 0 heterocycles. The van der Waals surface area contributed by atoms with Crippen LogP contribution in [-0.4, -0.2) is 50.7 Å². The second-order valence-electron chi connectivity index (χ2n) is 4.21. The summed E-state index contributed by atoms with van der Waals surface area (Å²) in [6, 6.07) is 0. The lowest BCUT2D eigenvalue weighted by atomic mass is 10.1. The first-order chi connectivity index (χ1) is 7.72. The predicted octanol–water partition coefficient (Wildman–Crippen LogP) is 0.438. The van der Waals surface area contributed by atoms with Gasteiger partial charge in [-0.15, -0.1) is 0 Å². The Hall–Kier alpha value is -0.820. The number of rotatable bonds is 6. The maximum absolute atomic E-state index is 12.5. The largest absolute Gasteiger partial charge is 0.394 e. The molecule has 0 fully saturated rings. The summed E-state index contributed by atoms with van der Waals surface area (Å²) in [5, 5.41) is 2.46. The molecule has 0 aromatic carbocycles. The first-order valence-electron chi connectivity index (χ1n) is 5.39. The van der Waals surface area contributed by atoms with Gasteiger partial charge in [-0.1, -0.05) is 6.92 Å². The van der Waals surface area contributed by atoms with Crippen LogP contribution >= 0.6 is 0 Å². The second-order valence-corrected chi connectivity index (χ2v) is 4.21. The summed E-state index contributed by atoms with van der Waals surface area (Å²) in [6.07, 6.45) is -4.29. The minimum atomic E-state index is -4.29. The number of hydrogen-bond acceptors (Lipinski definition) is 3. The summed E-state index contributed by atoms with van der Waals surface area (Å²) < 4.78 is 37.4. The van der Waals surface area contributed by atoms with Crippen molar-refractivity contribution in [1.82, 2.24) is 10.2 Å². The van der Waals surface area contributed by atoms with E-state index in [0.717, 1.165) is 0 Å². The zero-order chi connectivity index (χ0) is 13.6. The van der Waals surface area contributed by atoms with Gasteiger partial charge in [-0.05, 0) is 7.05 Å². The van der Waals surface area contributed by atoms with Crippen molar-refractivity contribution in [2.24, 2.45) is 17.6 Å². The molecular formula is C10H20F3N3O. The fraction of sp³-hybridized carbons (Fsp3) is 0.900. The van der Waals surface area contributed by atoms with Crippen LogP contribution in [0.2, 0.25) is 0 Å². The van der Waals surface area contributed by atoms with E-state index >= 15 is 0 Å². The van der Waals surface area contributed by atoms with Gasteiger partial charge in [-0.25, -0.2) is 0 Å². The molecule has 0 spiro atoms. The highest BCUT2D eigenvalue weighted by atomic mass is 19.4. The van der Waals surface area contributed by atoms with Crippen molar-refractivity contribution in [2.75, 3.05) is 33.7 Å². The Morgan fingerprint density at radius 2 is 1.94 bits per heavy atom. The Kier molecular flexibility index (Phi) is 6.48. The number of carbonyl (C=O) groups is 1. The Morgan fingerprint density at radius 3 is 2.29 bits per heavy atom. The molecule has 7 heteroatoms. The van der Waals surface area contributed by atoms with Gasteiger partial charge >= 0.3 is 6.18 Å². The van der Waals surface area contributed by atoms with Crippen LogP contribution in [0.25, 0.3) is 0 Å². The summed E-state index contributed by atoms with van der Waals surface area (Å²) in [6.45, 7) is 1.30. The van der Waals surface area contributed by atoms with Crippen molar-refractivity contribution >= 4 is 5.91 Å². The van der Waals surface area contributed by atoms with E-state index in [9.17, 15) is 18.0 Å². The SMILES string of the molecule is CNC(=O)C(C)CN(C)CC(CN)C(F)(F)F. The topological polar surface area (TPSA) is 58.4 Å². The summed E-state index contributed by atoms with van der Waals surface area (Å²) in [7, 11) is 3.05. The highest BCUT2D eigenvalue weighted by Gasteiger charge is 2.39. The van der Waals surface area contributed by atoms with Gasteiger partial charge in [0.15, 0.2) is 0 Å². The van der Waals surface area contributed by atoms with Crippen molar-refractivity contribution in [3.8, 4) is 0 Å². The number of nitrogens with zero attached hydrogens (tertiary/aromatic N) is 1. The third-order valence-electron chi connectivity index (χ3n) is 2.56. The predicted molar refractivity (Wildman–Crippen MR) is 59.3 cm³/mol. The van der Waals surface area contributed by atoms with Crippen molar-refractivity contribution in [3.05, 3.63) is 0 Å². The zero-order valence-corrected chi connectivity index (χ0v) is 10.3. The van der Waals surface area contributed by atoms with Crippen molar-refractivity contribution in [1.29, 1.82) is 0 Å². The van der Waals surface area contributed by atoms with Gasteiger partial charge in [0.25, 0.3) is 0 Å². The third-order valence-corrected chi connectivity index (χ3v) is 2.56. The molecule has 4 nitrogen and oxygen atoms in total. The molecule has 17 heavy (non-hydrogen) atoms. The van der Waals surface area contributed by atoms with Crippen LogP contribution in [0.15, 0.2) is 0 Å². The van der Waals surface area contributed by atoms with E-state index in [0.29, 0.717) is 0 Å². The van der Waals surface area contributed by atoms with E-state index in [1.54, 1.807) is 14.0 Å². The van der Waals surface area contributed by atoms with E-state index in [1.165, 1.54) is 11.9 Å². The monoisotopic (exact) mass is 255 g/mol. The number of halogens is 3. The van der Waals surface area contributed by atoms with Crippen LogP contribution < -0.4 is 11.1 Å². The summed E-state index contributed by atoms with van der Waals surface area (Å²) >= 11 is 0. The summed E-state index contributed by atoms with van der Waals surface area (Å²) in [4.78, 5) is 12.7. The first kappa shape index (κ1) is 16.2. The summed E-state index contributed by atoms with van der Waals surface area (Å²) in [5.41, 5.74) is 5.10. The fourth-order valence-electron chi connectivity index (χ4n) is 1.56. The lowest BCUT2D eigenvalue weighted by Crippen LogP contribution is -2.42. The molecule has 2 atom stereocenters. The standard InChI is InChI=1S/C10H20F3N3O/c1-7(9(17)15-2)5-16(3)6-8(4-14)10(11,12)13/h7-8H,4-6,14H2,1-3H3,(H,15,17). The highest BCUT2D eigenvalue weighted by Crippen LogP contribution is 2.25. The Morgan fingerprint density at radius 1 is 1.41 bits per heavy atom. The van der Waals surface area contributed by atoms with Gasteiger partial charge in [0.05, 0.1) is 5.92 Å². The molecule has 0 radical (unpaired) electrons. The second kappa shape index (κ2) is 6.80. The molecule has 3 N–H and O–H groups in total. The molecule has 0 aliphatic heterocycles. The molecule has 0 bridgehead atoms. The number of carbonyl (C=O) groups excluding carboxylic acids is 1. The average Bonchev–Trinajstić information content (AvgIpc) is 2.22. The fourth-order valence-corrected chi connectivity index (χ4v) is 1.56. The molecule has 2 unspecified atom stereocenters. The zero-order valence-electron chi connectivity index (χ0n) is 10.3. The van der Waals surface area contributed by atoms with Crippen LogP contribution in [-0.2, 0) is 4.79 Å². The molecule has 0 saturated carbocycles. The van der Waals surface area contributed by atoms with Crippen LogP contribution in [0.1, 0.15) is 6.92 Å². The molecule has 0 aliphatic carbocycles. The number of amides is 1. The Balaban J connectivity index is 4.25. The third kappa shape index (κ3) is 5.88. The van der Waals surface area contributed by atoms with Crippen LogP contribution in [0.5, 0.6) is 0 Å². The van der Waals surface area contributed by atoms with E-state index in [4.69, 9.17) is 5.73 Å². The van der Waals surface area contributed by atoms with E-state index < -0.39 is 18.6 Å². The number of hydrogen-bond donors (Lipinski definition) is 2. The molecular weight excluding hydrogens is 235 g/mol. The lowest BCUT2D eigenvalue weighted by Gasteiger charge is -2.26. The van der Waals surface area contributed by atoms with Crippen LogP contribution in [0, 0.1) is 11.8 Å². The van der Waals surface area contributed by atoms with Crippen molar-refractivity contribution in [2.45, 2.75) is 13.1 Å². The van der Waals surface area contributed by atoms with E-state index in [1.807, 2.05) is 0 Å². The van der Waals surface area contributed by atoms with Gasteiger partial charge in [-0.3, -0.25) is 4.79 Å². The number of nitrogens with one attached hydrogen (secondary N) is 1. The van der Waals surface area contributed by atoms with Crippen LogP contribution in [0.4, 0.5) is 13.2 Å². The van der Waals surface area contributed by atoms with Gasteiger partial charge < -0.3 is 16.0 Å². The molecule has 0 aromatic heterocycles. The number of alkyl halides is 3. The van der Waals surface area contributed by atoms with E-state index in [-0.39, 0.29) is 24.9 Å². The quantitative estimate of drug-likeness (QED) is 0.724. The number of nitrogens with two attached hydrogens (primary N) is 1. The van der Waals surface area contributed by atoms with Crippen LogP contribution in [0.3, 0.4) is 0 Å². The maximum Gasteiger partial charge on any atom is 0.394 e. The lowest BCUT2D eigenvalue weighted by molar-refractivity contribution is -0.175. The normalized spacial score (nSPS) is 15.8. The smallest absolute Gasteiger partial charge is 0.359 e. The highest BCUT2D eigenvalue weighted by molar-refractivity contribution is 5.78. The molecule has 0 aromatic rings. The minimum absolute atomic E-state index is 0.187. The van der Waals surface area contributed by atoms with Gasteiger partial charge in [0.1, 0.15) is 0 Å². The van der Waals surface area contributed by atoms with E-state index in [2.05, 4.69) is 5.32 Å². The molecule has 1 amide bonds. The Bertz CT molecular complexity index is 245. The van der Waals surface area contributed by atoms with Crippen molar-refractivity contribution in [3.63, 3.8) is 0 Å². The van der Waals surface area contributed by atoms with Gasteiger partial charge in [0, 0.05) is 32.6 Å². The summed E-state index contributed by atoms with van der Waals surface area (Å²) in [5.74, 6) is -2.09. The average molecular weight is 255 g/mol. The maximum atomic E-state index is 12.5. The molecule has 102 valence electrons. The van der Waals surface area contributed by atoms with Gasteiger partial charge in [-0.2, -0.15) is 13.2 Å². The van der Waals surface area contributed by atoms with Gasteiger partial charge in [0.2, 0.25) is 5.91 Å². The van der Waals surface area contributed by atoms with Crippen molar-refractivity contribution < 1.29 is 18.0 Å². The first-order valence-corrected chi connectivity index (χ1v) is 5.39. The molecule has 0 rings (SSSR count). The molecule has 0 saturated heterocycles. The Labute approximate surface area is 99.3 Å². The minimum Gasteiger partial charge on any atom is -0.359 e.